The number of ketones is 1. The minimum absolute atomic E-state index is 0.0395. The van der Waals surface area contributed by atoms with Crippen molar-refractivity contribution in [1.82, 2.24) is 0 Å². The zero-order valence-electron chi connectivity index (χ0n) is 47.3. The summed E-state index contributed by atoms with van der Waals surface area (Å²) in [5.41, 5.74) is -1.48. The fraction of sp³-hybridized carbons (Fsp3) is 0.804. The number of carbonyl (C=O) groups is 9. The van der Waals surface area contributed by atoms with E-state index in [9.17, 15) is 38.4 Å². The fourth-order valence-corrected chi connectivity index (χ4v) is 15.5. The van der Waals surface area contributed by atoms with Crippen molar-refractivity contribution in [3.05, 3.63) is 11.6 Å². The Morgan fingerprint density at radius 1 is 0.584 bits per heavy atom. The lowest BCUT2D eigenvalue weighted by atomic mass is 9.33. The van der Waals surface area contributed by atoms with Gasteiger partial charge in [0.05, 0.1) is 32.3 Å². The largest absolute Gasteiger partial charge is 0.469 e. The molecule has 0 amide bonds. The van der Waals surface area contributed by atoms with Crippen molar-refractivity contribution < 1.29 is 100.0 Å². The van der Waals surface area contributed by atoms with Crippen LogP contribution in [-0.4, -0.2) is 142 Å². The third-order valence-corrected chi connectivity index (χ3v) is 19.2. The van der Waals surface area contributed by atoms with Gasteiger partial charge in [0.1, 0.15) is 6.10 Å². The van der Waals surface area contributed by atoms with Crippen LogP contribution in [0, 0.1) is 50.2 Å². The maximum atomic E-state index is 15.2. The molecule has 2 heterocycles. The van der Waals surface area contributed by atoms with Crippen LogP contribution < -0.4 is 0 Å². The molecule has 2 saturated heterocycles. The maximum Gasteiger partial charge on any atom is 0.339 e. The van der Waals surface area contributed by atoms with E-state index in [2.05, 4.69) is 41.5 Å². The number of carbonyl (C=O) groups excluding carboxylic acids is 9. The van der Waals surface area contributed by atoms with E-state index in [1.807, 2.05) is 13.0 Å². The summed E-state index contributed by atoms with van der Waals surface area (Å²) in [5.74, 6) is -6.83. The first kappa shape index (κ1) is 59.7. The van der Waals surface area contributed by atoms with Gasteiger partial charge in [-0.15, -0.1) is 0 Å². The highest BCUT2D eigenvalue weighted by Crippen LogP contribution is 2.75. The summed E-state index contributed by atoms with van der Waals surface area (Å²) in [5, 5.41) is 0. The average Bonchev–Trinajstić information content (AvgIpc) is 3.34. The summed E-state index contributed by atoms with van der Waals surface area (Å²) in [7, 11) is 2.47. The number of hydrogen-bond acceptors (Lipinski definition) is 21. The van der Waals surface area contributed by atoms with Crippen LogP contribution in [0.3, 0.4) is 0 Å². The molecule has 21 heteroatoms. The van der Waals surface area contributed by atoms with Gasteiger partial charge in [0.15, 0.2) is 61.1 Å². The summed E-state index contributed by atoms with van der Waals surface area (Å²) in [6, 6.07) is 0. The van der Waals surface area contributed by atoms with Gasteiger partial charge in [-0.05, 0) is 110 Å². The first-order valence-corrected chi connectivity index (χ1v) is 26.8. The Kier molecular flexibility index (Phi) is 17.0. The quantitative estimate of drug-likeness (QED) is 0.121. The maximum absolute atomic E-state index is 15.2. The smallest absolute Gasteiger partial charge is 0.339 e. The molecule has 2 aliphatic heterocycles. The standard InChI is InChI=1S/C56H80O21/c1-27(57)69-39-36(26-68-48-44(73-31(5)61)42(72-30(4)60)41(71-29(3)59)43(77-48)47(64)66-14)75-49(45(74-32(6)62)40(39)70-28(2)58)76-38-17-18-54(11)37(51(38,7)8)16-19-56(13)46(54)35(63)24-33-34-25-53(10,50(65)67-15)21-20-52(34,9)22-23-55(33,56)12/h24,34,36-46,48-49H,16-23,25-26H2,1-15H3/t34-,36-,37+,38+,39+,40+,41+,42+,43+,44-,45-,46-,48-,49+,52-,53+,54+,55-,56-/m1/s1. The van der Waals surface area contributed by atoms with E-state index in [4.69, 9.17) is 56.8 Å². The van der Waals surface area contributed by atoms with Crippen LogP contribution in [-0.2, 0) is 100.0 Å². The van der Waals surface area contributed by atoms with Crippen LogP contribution in [0.4, 0.5) is 0 Å². The van der Waals surface area contributed by atoms with Gasteiger partial charge in [-0.2, -0.15) is 0 Å². The molecular formula is C56H80O21. The molecule has 430 valence electrons. The van der Waals surface area contributed by atoms with E-state index in [1.165, 1.54) is 7.11 Å². The minimum atomic E-state index is -1.80. The Morgan fingerprint density at radius 2 is 1.10 bits per heavy atom. The van der Waals surface area contributed by atoms with Crippen LogP contribution in [0.25, 0.3) is 0 Å². The first-order chi connectivity index (χ1) is 35.8. The predicted octanol–water partition coefficient (Wildman–Crippen LogP) is 5.75. The Hall–Kier alpha value is -4.99. The predicted molar refractivity (Wildman–Crippen MR) is 265 cm³/mol. The van der Waals surface area contributed by atoms with Crippen molar-refractivity contribution in [2.24, 2.45) is 50.2 Å². The lowest BCUT2D eigenvalue weighted by molar-refractivity contribution is -0.345. The number of rotatable bonds is 13. The van der Waals surface area contributed by atoms with Crippen molar-refractivity contribution in [3.8, 4) is 0 Å². The summed E-state index contributed by atoms with van der Waals surface area (Å²) < 4.78 is 70.0. The second-order valence-electron chi connectivity index (χ2n) is 24.5. The molecule has 5 aliphatic carbocycles. The lowest BCUT2D eigenvalue weighted by Crippen LogP contribution is -2.68. The summed E-state index contributed by atoms with van der Waals surface area (Å²) in [6.45, 7) is 21.2. The van der Waals surface area contributed by atoms with Crippen LogP contribution in [0.5, 0.6) is 0 Å². The molecular weight excluding hydrogens is 1010 g/mol. The van der Waals surface area contributed by atoms with E-state index in [-0.39, 0.29) is 40.3 Å². The molecule has 0 bridgehead atoms. The molecule has 0 aromatic rings. The van der Waals surface area contributed by atoms with Crippen molar-refractivity contribution in [1.29, 1.82) is 0 Å². The summed E-state index contributed by atoms with van der Waals surface area (Å²) in [4.78, 5) is 118. The number of esters is 8. The van der Waals surface area contributed by atoms with Gasteiger partial charge in [0.25, 0.3) is 0 Å². The first-order valence-electron chi connectivity index (χ1n) is 26.8. The molecule has 0 aromatic carbocycles. The van der Waals surface area contributed by atoms with Gasteiger partial charge < -0.3 is 56.8 Å². The molecule has 4 saturated carbocycles. The average molecular weight is 1090 g/mol. The Labute approximate surface area is 450 Å². The van der Waals surface area contributed by atoms with Gasteiger partial charge in [0.2, 0.25) is 0 Å². The molecule has 77 heavy (non-hydrogen) atoms. The second-order valence-corrected chi connectivity index (χ2v) is 24.5. The number of allylic oxidation sites excluding steroid dienone is 2. The molecule has 7 rings (SSSR count). The van der Waals surface area contributed by atoms with Crippen molar-refractivity contribution in [2.75, 3.05) is 20.8 Å². The van der Waals surface area contributed by atoms with E-state index < -0.39 is 138 Å². The van der Waals surface area contributed by atoms with Crippen molar-refractivity contribution in [3.63, 3.8) is 0 Å². The molecule has 7 aliphatic rings. The molecule has 0 spiro atoms. The monoisotopic (exact) mass is 1090 g/mol. The zero-order valence-corrected chi connectivity index (χ0v) is 47.3. The van der Waals surface area contributed by atoms with Gasteiger partial charge in [0, 0.05) is 47.5 Å². The highest BCUT2D eigenvalue weighted by Gasteiger charge is 2.71. The molecule has 0 N–H and O–H groups in total. The normalized spacial score (nSPS) is 41.9. The SMILES string of the molecule is COC(=O)[C@H]1O[C@@H](OC[C@H]2O[C@@H](O[C@H]3CC[C@]4(C)[C@H]5C(=O)C=C6[C@H]7C[C@@](C)(C(=O)OC)CC[C@]7(C)CC[C@@]6(C)[C@]5(C)CC[C@H]4C3(C)C)[C@H](OC(C)=O)[C@@H](OC(C)=O)[C@H]2OC(C)=O)[C@H](OC(C)=O)[C@@H](OC(C)=O)[C@@H]1OC(C)=O. The van der Waals surface area contributed by atoms with Gasteiger partial charge in [-0.25, -0.2) is 4.79 Å². The highest BCUT2D eigenvalue weighted by atomic mass is 16.8. The summed E-state index contributed by atoms with van der Waals surface area (Å²) >= 11 is 0. The van der Waals surface area contributed by atoms with Crippen molar-refractivity contribution >= 4 is 53.5 Å². The highest BCUT2D eigenvalue weighted by molar-refractivity contribution is 5.96. The second kappa shape index (κ2) is 21.9. The third-order valence-electron chi connectivity index (χ3n) is 19.2. The number of fused-ring (bicyclic) bond motifs is 7. The zero-order chi connectivity index (χ0) is 57.1. The molecule has 0 aromatic heterocycles. The Bertz CT molecular complexity index is 2400. The Morgan fingerprint density at radius 3 is 1.66 bits per heavy atom. The molecule has 6 fully saturated rings. The number of ether oxygens (including phenoxy) is 12. The third kappa shape index (κ3) is 10.9. The molecule has 0 unspecified atom stereocenters. The van der Waals surface area contributed by atoms with Crippen LogP contribution in [0.1, 0.15) is 148 Å². The van der Waals surface area contributed by atoms with Crippen molar-refractivity contribution in [2.45, 2.75) is 215 Å². The molecule has 19 atom stereocenters. The van der Waals surface area contributed by atoms with Crippen LogP contribution >= 0.6 is 0 Å². The summed E-state index contributed by atoms with van der Waals surface area (Å²) in [6.07, 6.45) is -8.46. The Balaban J connectivity index is 1.21. The number of methoxy groups -OCH3 is 2. The van der Waals surface area contributed by atoms with E-state index in [1.54, 1.807) is 0 Å². The molecule has 0 radical (unpaired) electrons. The van der Waals surface area contributed by atoms with E-state index >= 15 is 4.79 Å². The van der Waals surface area contributed by atoms with E-state index in [0.29, 0.717) is 19.3 Å². The topological polar surface area (TPSA) is 264 Å². The van der Waals surface area contributed by atoms with Crippen LogP contribution in [0.15, 0.2) is 11.6 Å². The lowest BCUT2D eigenvalue weighted by Gasteiger charge is -2.70. The van der Waals surface area contributed by atoms with Gasteiger partial charge in [-0.3, -0.25) is 38.4 Å². The fourth-order valence-electron chi connectivity index (χ4n) is 15.5. The van der Waals surface area contributed by atoms with E-state index in [0.717, 1.165) is 92.8 Å². The van der Waals surface area contributed by atoms with Gasteiger partial charge >= 0.3 is 47.8 Å². The van der Waals surface area contributed by atoms with Crippen LogP contribution in [0.2, 0.25) is 0 Å². The van der Waals surface area contributed by atoms with Gasteiger partial charge in [-0.1, -0.05) is 47.1 Å². The molecule has 21 nitrogen and oxygen atoms in total. The number of hydrogen-bond donors (Lipinski definition) is 0. The minimum Gasteiger partial charge on any atom is -0.469 e.